The first-order valence-electron chi connectivity index (χ1n) is 7.06. The highest BCUT2D eigenvalue weighted by Crippen LogP contribution is 2.21. The number of hydrogen-bond acceptors (Lipinski definition) is 4. The van der Waals surface area contributed by atoms with Gasteiger partial charge in [-0.1, -0.05) is 19.9 Å². The van der Waals surface area contributed by atoms with Gasteiger partial charge >= 0.3 is 0 Å². The van der Waals surface area contributed by atoms with Gasteiger partial charge in [-0.2, -0.15) is 0 Å². The van der Waals surface area contributed by atoms with Crippen LogP contribution in [0.1, 0.15) is 31.9 Å². The Labute approximate surface area is 122 Å². The van der Waals surface area contributed by atoms with Gasteiger partial charge in [0.25, 0.3) is 0 Å². The first-order chi connectivity index (χ1) is 9.56. The molecule has 4 heteroatoms. The van der Waals surface area contributed by atoms with Crippen LogP contribution in [0.3, 0.4) is 0 Å². The number of rotatable bonds is 9. The van der Waals surface area contributed by atoms with Crippen LogP contribution in [-0.2, 0) is 22.6 Å². The van der Waals surface area contributed by atoms with Crippen molar-refractivity contribution in [2.75, 3.05) is 20.8 Å². The average Bonchev–Trinajstić information content (AvgIpc) is 2.43. The Morgan fingerprint density at radius 1 is 1.15 bits per heavy atom. The fourth-order valence-electron chi connectivity index (χ4n) is 1.89. The molecule has 1 N–H and O–H groups in total. The summed E-state index contributed by atoms with van der Waals surface area (Å²) in [5.74, 6) is 0.864. The van der Waals surface area contributed by atoms with Gasteiger partial charge in [0.2, 0.25) is 0 Å². The Kier molecular flexibility index (Phi) is 7.59. The van der Waals surface area contributed by atoms with Gasteiger partial charge in [0.15, 0.2) is 0 Å². The van der Waals surface area contributed by atoms with Crippen molar-refractivity contribution in [3.05, 3.63) is 29.3 Å². The monoisotopic (exact) mass is 281 g/mol. The molecule has 1 aromatic rings. The van der Waals surface area contributed by atoms with Crippen molar-refractivity contribution >= 4 is 0 Å². The van der Waals surface area contributed by atoms with Crippen LogP contribution in [0.4, 0.5) is 0 Å². The lowest BCUT2D eigenvalue weighted by molar-refractivity contribution is -0.000756. The molecule has 0 fully saturated rings. The van der Waals surface area contributed by atoms with E-state index < -0.39 is 0 Å². The summed E-state index contributed by atoms with van der Waals surface area (Å²) in [6.07, 6.45) is 0.0714. The minimum Gasteiger partial charge on any atom is -0.496 e. The maximum Gasteiger partial charge on any atom is 0.124 e. The Hall–Kier alpha value is -1.10. The van der Waals surface area contributed by atoms with Gasteiger partial charge in [0.05, 0.1) is 26.4 Å². The molecule has 0 saturated carbocycles. The zero-order chi connectivity index (χ0) is 15.0. The van der Waals surface area contributed by atoms with Crippen molar-refractivity contribution in [1.82, 2.24) is 5.32 Å². The molecule has 0 aliphatic carbocycles. The fraction of sp³-hybridized carbons (Fsp3) is 0.625. The zero-order valence-corrected chi connectivity index (χ0v) is 13.2. The molecule has 1 unspecified atom stereocenters. The second-order valence-electron chi connectivity index (χ2n) is 5.26. The highest BCUT2D eigenvalue weighted by atomic mass is 16.5. The summed E-state index contributed by atoms with van der Waals surface area (Å²) < 4.78 is 16.2. The molecule has 0 saturated heterocycles. The molecule has 0 spiro atoms. The summed E-state index contributed by atoms with van der Waals surface area (Å²) in [7, 11) is 3.36. The molecule has 1 aromatic carbocycles. The normalized spacial score (nSPS) is 12.7. The molecule has 0 bridgehead atoms. The van der Waals surface area contributed by atoms with Crippen LogP contribution in [-0.4, -0.2) is 33.0 Å². The van der Waals surface area contributed by atoms with Gasteiger partial charge < -0.3 is 19.5 Å². The first kappa shape index (κ1) is 17.0. The Balaban J connectivity index is 2.67. The molecule has 1 atom stereocenters. The van der Waals surface area contributed by atoms with E-state index in [1.54, 1.807) is 14.2 Å². The molecular formula is C16H27NO3. The van der Waals surface area contributed by atoms with E-state index in [0.717, 1.165) is 17.9 Å². The van der Waals surface area contributed by atoms with Crippen molar-refractivity contribution in [2.45, 2.75) is 46.1 Å². The van der Waals surface area contributed by atoms with Crippen LogP contribution < -0.4 is 10.1 Å². The minimum absolute atomic E-state index is 0.0714. The van der Waals surface area contributed by atoms with E-state index in [9.17, 15) is 0 Å². The van der Waals surface area contributed by atoms with Crippen molar-refractivity contribution in [3.63, 3.8) is 0 Å². The van der Waals surface area contributed by atoms with Crippen molar-refractivity contribution in [2.24, 2.45) is 0 Å². The summed E-state index contributed by atoms with van der Waals surface area (Å²) in [6, 6.07) is 6.68. The number of hydrogen-bond donors (Lipinski definition) is 1. The summed E-state index contributed by atoms with van der Waals surface area (Å²) in [4.78, 5) is 0. The smallest absolute Gasteiger partial charge is 0.124 e. The average molecular weight is 281 g/mol. The summed E-state index contributed by atoms with van der Waals surface area (Å²) >= 11 is 0. The maximum absolute atomic E-state index is 5.77. The molecule has 0 aliphatic rings. The molecule has 1 rings (SSSR count). The Morgan fingerprint density at radius 2 is 1.90 bits per heavy atom. The second kappa shape index (κ2) is 8.95. The second-order valence-corrected chi connectivity index (χ2v) is 5.26. The third kappa shape index (κ3) is 5.90. The summed E-state index contributed by atoms with van der Waals surface area (Å²) in [5.41, 5.74) is 2.30. The van der Waals surface area contributed by atoms with Crippen molar-refractivity contribution in [3.8, 4) is 5.75 Å². The summed E-state index contributed by atoms with van der Waals surface area (Å²) in [6.45, 7) is 8.25. The largest absolute Gasteiger partial charge is 0.496 e. The van der Waals surface area contributed by atoms with E-state index in [-0.39, 0.29) is 6.10 Å². The molecule has 20 heavy (non-hydrogen) atoms. The lowest BCUT2D eigenvalue weighted by Gasteiger charge is -2.15. The zero-order valence-electron chi connectivity index (χ0n) is 13.2. The van der Waals surface area contributed by atoms with Gasteiger partial charge in [0.1, 0.15) is 5.75 Å². The van der Waals surface area contributed by atoms with Crippen molar-refractivity contribution < 1.29 is 14.2 Å². The van der Waals surface area contributed by atoms with Crippen LogP contribution in [0.25, 0.3) is 0 Å². The van der Waals surface area contributed by atoms with Crippen LogP contribution in [0.15, 0.2) is 18.2 Å². The molecule has 4 nitrogen and oxygen atoms in total. The third-order valence-corrected chi connectivity index (χ3v) is 2.98. The summed E-state index contributed by atoms with van der Waals surface area (Å²) in [5, 5.41) is 3.41. The lowest BCUT2D eigenvalue weighted by Crippen LogP contribution is -2.22. The Morgan fingerprint density at radius 3 is 2.50 bits per heavy atom. The standard InChI is InChI=1S/C16H27NO3/c1-12(2)17-9-14-6-7-16(19-5)15(8-14)11-20-13(3)10-18-4/h6-8,12-13,17H,9-11H2,1-5H3. The topological polar surface area (TPSA) is 39.7 Å². The number of nitrogens with one attached hydrogen (secondary N) is 1. The highest BCUT2D eigenvalue weighted by Gasteiger charge is 2.08. The van der Waals surface area contributed by atoms with E-state index in [1.807, 2.05) is 13.0 Å². The fourth-order valence-corrected chi connectivity index (χ4v) is 1.89. The van der Waals surface area contributed by atoms with Gasteiger partial charge in [-0.15, -0.1) is 0 Å². The predicted molar refractivity (Wildman–Crippen MR) is 81.1 cm³/mol. The number of ether oxygens (including phenoxy) is 3. The SMILES string of the molecule is COCC(C)OCc1cc(CNC(C)C)ccc1OC. The van der Waals surface area contributed by atoms with Crippen molar-refractivity contribution in [1.29, 1.82) is 0 Å². The molecule has 114 valence electrons. The molecule has 0 radical (unpaired) electrons. The van der Waals surface area contributed by atoms with E-state index in [4.69, 9.17) is 14.2 Å². The predicted octanol–water partition coefficient (Wildman–Crippen LogP) is 2.74. The third-order valence-electron chi connectivity index (χ3n) is 2.98. The van der Waals surface area contributed by atoms with E-state index in [2.05, 4.69) is 31.3 Å². The number of benzene rings is 1. The number of methoxy groups -OCH3 is 2. The minimum atomic E-state index is 0.0714. The van der Waals surface area contributed by atoms with Crippen LogP contribution >= 0.6 is 0 Å². The molecule has 0 aliphatic heterocycles. The Bertz CT molecular complexity index is 393. The van der Waals surface area contributed by atoms with Gasteiger partial charge in [0, 0.05) is 25.3 Å². The van der Waals surface area contributed by atoms with E-state index in [1.165, 1.54) is 5.56 Å². The maximum atomic E-state index is 5.77. The van der Waals surface area contributed by atoms with Gasteiger partial charge in [-0.25, -0.2) is 0 Å². The van der Waals surface area contributed by atoms with E-state index in [0.29, 0.717) is 19.3 Å². The molecule has 0 heterocycles. The van der Waals surface area contributed by atoms with E-state index >= 15 is 0 Å². The van der Waals surface area contributed by atoms with Crippen LogP contribution in [0.2, 0.25) is 0 Å². The van der Waals surface area contributed by atoms with Gasteiger partial charge in [-0.05, 0) is 24.6 Å². The van der Waals surface area contributed by atoms with Crippen LogP contribution in [0, 0.1) is 0 Å². The molecule has 0 aromatic heterocycles. The molecule has 0 amide bonds. The quantitative estimate of drug-likeness (QED) is 0.755. The molecular weight excluding hydrogens is 254 g/mol. The van der Waals surface area contributed by atoms with Gasteiger partial charge in [-0.3, -0.25) is 0 Å². The first-order valence-corrected chi connectivity index (χ1v) is 7.06. The highest BCUT2D eigenvalue weighted by molar-refractivity contribution is 5.36. The lowest BCUT2D eigenvalue weighted by atomic mass is 10.1. The van der Waals surface area contributed by atoms with Crippen LogP contribution in [0.5, 0.6) is 5.75 Å².